The Kier molecular flexibility index (Phi) is 8.43. The predicted molar refractivity (Wildman–Crippen MR) is 136 cm³/mol. The summed E-state index contributed by atoms with van der Waals surface area (Å²) >= 11 is 0. The van der Waals surface area contributed by atoms with Crippen molar-refractivity contribution in [2.24, 2.45) is 15.0 Å². The van der Waals surface area contributed by atoms with Crippen molar-refractivity contribution in [2.75, 3.05) is 33.7 Å². The van der Waals surface area contributed by atoms with Crippen molar-refractivity contribution in [3.8, 4) is 0 Å². The van der Waals surface area contributed by atoms with Crippen LogP contribution in [-0.2, 0) is 4.79 Å². The zero-order valence-corrected chi connectivity index (χ0v) is 22.0. The van der Waals surface area contributed by atoms with Gasteiger partial charge < -0.3 is 4.90 Å². The first-order chi connectivity index (χ1) is 14.8. The number of rotatable bonds is 6. The van der Waals surface area contributed by atoms with Crippen LogP contribution in [0, 0.1) is 0 Å². The molecule has 7 heteroatoms. The number of likely N-dealkylation sites (N-methyl/N-ethyl adjacent to an activating group) is 1. The molecule has 1 saturated heterocycles. The minimum atomic E-state index is -0.517. The summed E-state index contributed by atoms with van der Waals surface area (Å²) in [5, 5.41) is 0. The molecule has 0 unspecified atom stereocenters. The molecule has 32 heavy (non-hydrogen) atoms. The lowest BCUT2D eigenvalue weighted by atomic mass is 9.87. The summed E-state index contributed by atoms with van der Waals surface area (Å²) in [7, 11) is 3.80. The highest BCUT2D eigenvalue weighted by molar-refractivity contribution is 6.02. The van der Waals surface area contributed by atoms with Gasteiger partial charge in [-0.25, -0.2) is 9.98 Å². The van der Waals surface area contributed by atoms with E-state index in [1.54, 1.807) is 7.05 Å². The van der Waals surface area contributed by atoms with Crippen molar-refractivity contribution < 1.29 is 4.79 Å². The number of hydrogen-bond donors (Lipinski definition) is 0. The van der Waals surface area contributed by atoms with Gasteiger partial charge >= 0.3 is 0 Å². The Morgan fingerprint density at radius 2 is 1.78 bits per heavy atom. The Morgan fingerprint density at radius 3 is 2.31 bits per heavy atom. The minimum Gasteiger partial charge on any atom is -0.338 e. The first-order valence-corrected chi connectivity index (χ1v) is 12.1. The summed E-state index contributed by atoms with van der Waals surface area (Å²) in [6, 6.07) is 0.452. The molecule has 7 nitrogen and oxygen atoms in total. The second kappa shape index (κ2) is 10.1. The van der Waals surface area contributed by atoms with Crippen LogP contribution in [0.1, 0.15) is 80.6 Å². The summed E-state index contributed by atoms with van der Waals surface area (Å²) in [6.45, 7) is 20.8. The summed E-state index contributed by atoms with van der Waals surface area (Å²) in [5.41, 5.74) is -1.00. The van der Waals surface area contributed by atoms with Crippen molar-refractivity contribution in [1.82, 2.24) is 14.7 Å². The molecule has 0 N–H and O–H groups in total. The van der Waals surface area contributed by atoms with Crippen molar-refractivity contribution in [1.29, 1.82) is 0 Å². The van der Waals surface area contributed by atoms with Crippen LogP contribution in [0.4, 0.5) is 0 Å². The SMILES string of the molecule is C=N/C(=N\C(C)=N/C)C(C)(C)N(CCN1CC(C)(C)N(C)C(C)(C)C1=O)C1CCCCC1. The lowest BCUT2D eigenvalue weighted by Crippen LogP contribution is -2.70. The molecule has 0 bridgehead atoms. The predicted octanol–water partition coefficient (Wildman–Crippen LogP) is 3.88. The fraction of sp³-hybridized carbons (Fsp3) is 0.840. The Balaban J connectivity index is 2.33. The lowest BCUT2D eigenvalue weighted by molar-refractivity contribution is -0.157. The van der Waals surface area contributed by atoms with E-state index >= 15 is 0 Å². The molecule has 0 aromatic rings. The van der Waals surface area contributed by atoms with Crippen molar-refractivity contribution in [3.63, 3.8) is 0 Å². The maximum atomic E-state index is 13.4. The van der Waals surface area contributed by atoms with Gasteiger partial charge in [0.2, 0.25) is 5.91 Å². The molecular weight excluding hydrogens is 400 g/mol. The quantitative estimate of drug-likeness (QED) is 0.459. The molecule has 0 atom stereocenters. The zero-order valence-electron chi connectivity index (χ0n) is 22.0. The van der Waals surface area contributed by atoms with E-state index in [2.05, 4.69) is 71.1 Å². The number of piperazine rings is 1. The van der Waals surface area contributed by atoms with Gasteiger partial charge in [-0.2, -0.15) is 0 Å². The maximum absolute atomic E-state index is 13.4. The smallest absolute Gasteiger partial charge is 0.242 e. The Hall–Kier alpha value is -1.60. The van der Waals surface area contributed by atoms with Crippen LogP contribution >= 0.6 is 0 Å². The lowest BCUT2D eigenvalue weighted by Gasteiger charge is -2.54. The molecule has 0 radical (unpaired) electrons. The molecule has 0 aromatic carbocycles. The largest absolute Gasteiger partial charge is 0.338 e. The van der Waals surface area contributed by atoms with Gasteiger partial charge in [0, 0.05) is 38.3 Å². The fourth-order valence-electron chi connectivity index (χ4n) is 5.35. The molecule has 2 aliphatic rings. The van der Waals surface area contributed by atoms with Crippen molar-refractivity contribution in [2.45, 2.75) is 103 Å². The Labute approximate surface area is 196 Å². The van der Waals surface area contributed by atoms with Gasteiger partial charge in [0.1, 0.15) is 11.7 Å². The highest BCUT2D eigenvalue weighted by Gasteiger charge is 2.48. The van der Waals surface area contributed by atoms with E-state index in [-0.39, 0.29) is 11.4 Å². The summed E-state index contributed by atoms with van der Waals surface area (Å²) in [4.78, 5) is 33.3. The van der Waals surface area contributed by atoms with E-state index in [1.807, 2.05) is 20.8 Å². The topological polar surface area (TPSA) is 63.9 Å². The molecule has 1 amide bonds. The standard InChI is InChI=1S/C25H46N6O/c1-19(26-8)28-21(27-9)24(4,5)31(20-14-12-11-13-15-20)17-16-30-18-23(2,3)29(10)25(6,7)22(30)32/h20H,9,11-18H2,1-8,10H3/b26-19-,28-21-. The molecule has 1 aliphatic heterocycles. The van der Waals surface area contributed by atoms with Crippen LogP contribution in [0.5, 0.6) is 0 Å². The van der Waals surface area contributed by atoms with Gasteiger partial charge in [0.25, 0.3) is 0 Å². The first-order valence-electron chi connectivity index (χ1n) is 12.1. The highest BCUT2D eigenvalue weighted by Crippen LogP contribution is 2.33. The molecule has 1 saturated carbocycles. The second-order valence-corrected chi connectivity index (χ2v) is 11.1. The van der Waals surface area contributed by atoms with Crippen LogP contribution in [0.15, 0.2) is 15.0 Å². The third-order valence-corrected chi connectivity index (χ3v) is 7.77. The van der Waals surface area contributed by atoms with E-state index in [1.165, 1.54) is 32.1 Å². The number of nitrogens with zero attached hydrogens (tertiary/aromatic N) is 6. The molecule has 2 rings (SSSR count). The van der Waals surface area contributed by atoms with E-state index in [4.69, 9.17) is 0 Å². The highest BCUT2D eigenvalue weighted by atomic mass is 16.2. The summed E-state index contributed by atoms with van der Waals surface area (Å²) in [6.07, 6.45) is 6.12. The normalized spacial score (nSPS) is 23.7. The van der Waals surface area contributed by atoms with Gasteiger partial charge in [0.05, 0.1) is 11.1 Å². The van der Waals surface area contributed by atoms with Crippen LogP contribution in [0.3, 0.4) is 0 Å². The van der Waals surface area contributed by atoms with E-state index < -0.39 is 11.1 Å². The molecule has 2 fully saturated rings. The average molecular weight is 447 g/mol. The average Bonchev–Trinajstić information content (AvgIpc) is 2.74. The van der Waals surface area contributed by atoms with E-state index in [9.17, 15) is 4.79 Å². The number of amides is 1. The third-order valence-electron chi connectivity index (χ3n) is 7.77. The number of hydrogen-bond acceptors (Lipinski definition) is 4. The molecule has 182 valence electrons. The van der Waals surface area contributed by atoms with Gasteiger partial charge in [-0.05, 0) is 75.1 Å². The molecule has 1 heterocycles. The van der Waals surface area contributed by atoms with Gasteiger partial charge in [-0.15, -0.1) is 0 Å². The molecule has 0 aromatic heterocycles. The van der Waals surface area contributed by atoms with Crippen LogP contribution in [0.25, 0.3) is 0 Å². The Bertz CT molecular complexity index is 746. The number of carbonyl (C=O) groups is 1. The molecule has 1 aliphatic carbocycles. The first kappa shape index (κ1) is 26.7. The van der Waals surface area contributed by atoms with Crippen molar-refractivity contribution >= 4 is 24.3 Å². The Morgan fingerprint density at radius 1 is 1.19 bits per heavy atom. The number of amidine groups is 2. The van der Waals surface area contributed by atoms with E-state index in [0.717, 1.165) is 13.1 Å². The monoisotopic (exact) mass is 446 g/mol. The van der Waals surface area contributed by atoms with E-state index in [0.29, 0.717) is 24.3 Å². The van der Waals surface area contributed by atoms with Crippen molar-refractivity contribution in [3.05, 3.63) is 0 Å². The number of aliphatic imine (C=N–C) groups is 3. The maximum Gasteiger partial charge on any atom is 0.242 e. The van der Waals surface area contributed by atoms with Crippen LogP contribution < -0.4 is 0 Å². The molecular formula is C25H46N6O. The number of carbonyl (C=O) groups excluding carboxylic acids is 1. The van der Waals surface area contributed by atoms with Gasteiger partial charge in [-0.1, -0.05) is 19.3 Å². The second-order valence-electron chi connectivity index (χ2n) is 11.1. The van der Waals surface area contributed by atoms with Gasteiger partial charge in [-0.3, -0.25) is 19.6 Å². The summed E-state index contributed by atoms with van der Waals surface area (Å²) < 4.78 is 0. The van der Waals surface area contributed by atoms with Crippen LogP contribution in [0.2, 0.25) is 0 Å². The summed E-state index contributed by atoms with van der Waals surface area (Å²) in [5.74, 6) is 1.59. The van der Waals surface area contributed by atoms with Crippen LogP contribution in [-0.4, -0.2) is 95.4 Å². The minimum absolute atomic E-state index is 0.0768. The zero-order chi connectivity index (χ0) is 24.3. The van der Waals surface area contributed by atoms with Gasteiger partial charge in [0.15, 0.2) is 0 Å². The fourth-order valence-corrected chi connectivity index (χ4v) is 5.35. The molecule has 0 spiro atoms. The third kappa shape index (κ3) is 5.48.